The van der Waals surface area contributed by atoms with E-state index < -0.39 is 5.67 Å². The molecule has 0 saturated carbocycles. The van der Waals surface area contributed by atoms with E-state index in [4.69, 9.17) is 4.74 Å². The van der Waals surface area contributed by atoms with Crippen LogP contribution < -0.4 is 10.1 Å². The third kappa shape index (κ3) is 2.93. The highest BCUT2D eigenvalue weighted by molar-refractivity contribution is 5.21. The second-order valence-corrected chi connectivity index (χ2v) is 4.03. The Labute approximate surface area is 89.4 Å². The highest BCUT2D eigenvalue weighted by Gasteiger charge is 2.32. The van der Waals surface area contributed by atoms with Gasteiger partial charge in [0.15, 0.2) is 5.67 Å². The van der Waals surface area contributed by atoms with Gasteiger partial charge in [0.1, 0.15) is 12.4 Å². The number of benzene rings is 1. The minimum Gasteiger partial charge on any atom is -0.490 e. The molecule has 1 N–H and O–H groups in total. The summed E-state index contributed by atoms with van der Waals surface area (Å²) >= 11 is 0. The van der Waals surface area contributed by atoms with Gasteiger partial charge in [0.25, 0.3) is 0 Å². The molecule has 15 heavy (non-hydrogen) atoms. The molecule has 2 rings (SSSR count). The average molecular weight is 209 g/mol. The van der Waals surface area contributed by atoms with Crippen molar-refractivity contribution in [3.63, 3.8) is 0 Å². The molecule has 1 aliphatic rings. The molecule has 1 atom stereocenters. The molecule has 0 spiro atoms. The minimum absolute atomic E-state index is 0.143. The Bertz CT molecular complexity index is 296. The van der Waals surface area contributed by atoms with Crippen molar-refractivity contribution < 1.29 is 9.13 Å². The summed E-state index contributed by atoms with van der Waals surface area (Å²) < 4.78 is 19.5. The molecule has 1 aliphatic heterocycles. The zero-order valence-corrected chi connectivity index (χ0v) is 8.71. The van der Waals surface area contributed by atoms with E-state index in [1.807, 2.05) is 30.3 Å². The standard InChI is InChI=1S/C12H16FNO/c13-12(7-4-8-14-9-12)10-15-11-5-2-1-3-6-11/h1-3,5-6,14H,4,7-10H2. The first-order valence-corrected chi connectivity index (χ1v) is 5.36. The van der Waals surface area contributed by atoms with Gasteiger partial charge in [-0.15, -0.1) is 0 Å². The van der Waals surface area contributed by atoms with Gasteiger partial charge in [-0.3, -0.25) is 0 Å². The van der Waals surface area contributed by atoms with Crippen molar-refractivity contribution in [1.82, 2.24) is 5.32 Å². The summed E-state index contributed by atoms with van der Waals surface area (Å²) in [5.74, 6) is 0.736. The molecule has 1 fully saturated rings. The molecule has 3 heteroatoms. The van der Waals surface area contributed by atoms with Crippen LogP contribution in [0.15, 0.2) is 30.3 Å². The van der Waals surface area contributed by atoms with Crippen molar-refractivity contribution in [2.45, 2.75) is 18.5 Å². The van der Waals surface area contributed by atoms with Gasteiger partial charge in [-0.05, 0) is 31.5 Å². The molecule has 0 bridgehead atoms. The van der Waals surface area contributed by atoms with Crippen LogP contribution >= 0.6 is 0 Å². The summed E-state index contributed by atoms with van der Waals surface area (Å²) in [6.07, 6.45) is 1.47. The summed E-state index contributed by atoms with van der Waals surface area (Å²) in [4.78, 5) is 0. The lowest BCUT2D eigenvalue weighted by atomic mass is 9.97. The molecule has 1 aromatic rings. The predicted molar refractivity (Wildman–Crippen MR) is 57.9 cm³/mol. The lowest BCUT2D eigenvalue weighted by Crippen LogP contribution is -2.46. The number of halogens is 1. The number of alkyl halides is 1. The summed E-state index contributed by atoms with van der Waals surface area (Å²) in [6.45, 7) is 1.46. The smallest absolute Gasteiger partial charge is 0.157 e. The van der Waals surface area contributed by atoms with Crippen LogP contribution in [0.3, 0.4) is 0 Å². The van der Waals surface area contributed by atoms with E-state index in [9.17, 15) is 4.39 Å². The van der Waals surface area contributed by atoms with Crippen molar-refractivity contribution in [1.29, 1.82) is 0 Å². The first-order chi connectivity index (χ1) is 7.29. The van der Waals surface area contributed by atoms with Gasteiger partial charge < -0.3 is 10.1 Å². The normalized spacial score (nSPS) is 26.2. The van der Waals surface area contributed by atoms with Crippen molar-refractivity contribution in [3.8, 4) is 5.75 Å². The fourth-order valence-electron chi connectivity index (χ4n) is 1.78. The fourth-order valence-corrected chi connectivity index (χ4v) is 1.78. The van der Waals surface area contributed by atoms with E-state index in [0.717, 1.165) is 18.7 Å². The number of rotatable bonds is 3. The van der Waals surface area contributed by atoms with Crippen LogP contribution in [0.4, 0.5) is 4.39 Å². The van der Waals surface area contributed by atoms with E-state index >= 15 is 0 Å². The maximum atomic E-state index is 14.1. The molecular formula is C12H16FNO. The monoisotopic (exact) mass is 209 g/mol. The Morgan fingerprint density at radius 2 is 2.13 bits per heavy atom. The molecule has 0 amide bonds. The minimum atomic E-state index is -1.20. The van der Waals surface area contributed by atoms with E-state index in [1.165, 1.54) is 0 Å². The third-order valence-corrected chi connectivity index (χ3v) is 2.66. The molecule has 0 aromatic heterocycles. The molecule has 0 radical (unpaired) electrons. The summed E-state index contributed by atoms with van der Waals surface area (Å²) in [5.41, 5.74) is -1.20. The van der Waals surface area contributed by atoms with Crippen molar-refractivity contribution >= 4 is 0 Å². The van der Waals surface area contributed by atoms with Gasteiger partial charge in [-0.1, -0.05) is 18.2 Å². The van der Waals surface area contributed by atoms with Crippen LogP contribution in [0.1, 0.15) is 12.8 Å². The Hall–Kier alpha value is -1.09. The Balaban J connectivity index is 1.87. The summed E-state index contributed by atoms with van der Waals surface area (Å²) in [7, 11) is 0. The summed E-state index contributed by atoms with van der Waals surface area (Å²) in [6, 6.07) is 9.39. The van der Waals surface area contributed by atoms with Crippen LogP contribution in [-0.4, -0.2) is 25.4 Å². The largest absolute Gasteiger partial charge is 0.490 e. The maximum Gasteiger partial charge on any atom is 0.157 e. The molecule has 2 nitrogen and oxygen atoms in total. The van der Waals surface area contributed by atoms with Crippen molar-refractivity contribution in [2.75, 3.05) is 19.7 Å². The molecule has 0 aliphatic carbocycles. The maximum absolute atomic E-state index is 14.1. The quantitative estimate of drug-likeness (QED) is 0.823. The van der Waals surface area contributed by atoms with Crippen LogP contribution in [0.5, 0.6) is 5.75 Å². The van der Waals surface area contributed by atoms with E-state index in [2.05, 4.69) is 5.32 Å². The van der Waals surface area contributed by atoms with Crippen LogP contribution in [0.2, 0.25) is 0 Å². The number of ether oxygens (including phenoxy) is 1. The lowest BCUT2D eigenvalue weighted by Gasteiger charge is -2.29. The SMILES string of the molecule is FC1(COc2ccccc2)CCCNC1. The Morgan fingerprint density at radius 1 is 1.33 bits per heavy atom. The van der Waals surface area contributed by atoms with E-state index in [-0.39, 0.29) is 6.61 Å². The zero-order valence-electron chi connectivity index (χ0n) is 8.71. The third-order valence-electron chi connectivity index (χ3n) is 2.66. The second-order valence-electron chi connectivity index (χ2n) is 4.03. The average Bonchev–Trinajstić information content (AvgIpc) is 2.29. The van der Waals surface area contributed by atoms with Gasteiger partial charge in [-0.25, -0.2) is 4.39 Å². The zero-order chi connectivity index (χ0) is 10.6. The highest BCUT2D eigenvalue weighted by atomic mass is 19.1. The van der Waals surface area contributed by atoms with Gasteiger partial charge in [0, 0.05) is 6.54 Å². The van der Waals surface area contributed by atoms with Gasteiger partial charge in [0.05, 0.1) is 0 Å². The van der Waals surface area contributed by atoms with Crippen LogP contribution in [0, 0.1) is 0 Å². The number of para-hydroxylation sites is 1. The number of piperidine rings is 1. The molecular weight excluding hydrogens is 193 g/mol. The first kappa shape index (κ1) is 10.4. The molecule has 1 heterocycles. The topological polar surface area (TPSA) is 21.3 Å². The number of nitrogens with one attached hydrogen (secondary N) is 1. The number of hydrogen-bond donors (Lipinski definition) is 1. The second kappa shape index (κ2) is 4.62. The molecule has 1 saturated heterocycles. The predicted octanol–water partition coefficient (Wildman–Crippen LogP) is 2.16. The highest BCUT2D eigenvalue weighted by Crippen LogP contribution is 2.22. The van der Waals surface area contributed by atoms with Gasteiger partial charge in [0.2, 0.25) is 0 Å². The van der Waals surface area contributed by atoms with Crippen molar-refractivity contribution in [2.24, 2.45) is 0 Å². The first-order valence-electron chi connectivity index (χ1n) is 5.36. The molecule has 82 valence electrons. The van der Waals surface area contributed by atoms with E-state index in [1.54, 1.807) is 0 Å². The van der Waals surface area contributed by atoms with Gasteiger partial charge >= 0.3 is 0 Å². The molecule has 1 aromatic carbocycles. The Morgan fingerprint density at radius 3 is 2.80 bits per heavy atom. The van der Waals surface area contributed by atoms with Gasteiger partial charge in [-0.2, -0.15) is 0 Å². The van der Waals surface area contributed by atoms with Crippen LogP contribution in [-0.2, 0) is 0 Å². The van der Waals surface area contributed by atoms with Crippen molar-refractivity contribution in [3.05, 3.63) is 30.3 Å². The molecule has 1 unspecified atom stereocenters. The summed E-state index contributed by atoms with van der Waals surface area (Å²) in [5, 5.41) is 3.06. The number of hydrogen-bond acceptors (Lipinski definition) is 2. The van der Waals surface area contributed by atoms with Crippen LogP contribution in [0.25, 0.3) is 0 Å². The lowest BCUT2D eigenvalue weighted by molar-refractivity contribution is 0.0594. The van der Waals surface area contributed by atoms with E-state index in [0.29, 0.717) is 13.0 Å². The Kier molecular flexibility index (Phi) is 3.21. The fraction of sp³-hybridized carbons (Fsp3) is 0.500.